The molecule has 2 atom stereocenters. The monoisotopic (exact) mass is 382 g/mol. The maximum absolute atomic E-state index is 7.20. The lowest BCUT2D eigenvalue weighted by Gasteiger charge is -2.44. The van der Waals surface area contributed by atoms with Crippen molar-refractivity contribution in [2.45, 2.75) is 44.7 Å². The van der Waals surface area contributed by atoms with Crippen molar-refractivity contribution in [1.82, 2.24) is 9.88 Å². The second-order valence-corrected chi connectivity index (χ2v) is 7.80. The molecule has 3 rings (SSSR count). The predicted octanol–water partition coefficient (Wildman–Crippen LogP) is 3.13. The summed E-state index contributed by atoms with van der Waals surface area (Å²) in [7, 11) is 0. The van der Waals surface area contributed by atoms with E-state index in [1.807, 2.05) is 31.3 Å². The van der Waals surface area contributed by atoms with Crippen molar-refractivity contribution in [2.75, 3.05) is 26.2 Å². The van der Waals surface area contributed by atoms with Crippen molar-refractivity contribution in [3.8, 4) is 5.75 Å². The molecule has 1 aromatic carbocycles. The highest BCUT2D eigenvalue weighted by Crippen LogP contribution is 2.40. The van der Waals surface area contributed by atoms with Crippen LogP contribution in [0.5, 0.6) is 5.75 Å². The van der Waals surface area contributed by atoms with Crippen LogP contribution in [0.15, 0.2) is 48.8 Å². The van der Waals surface area contributed by atoms with Crippen LogP contribution >= 0.6 is 0 Å². The lowest BCUT2D eigenvalue weighted by Crippen LogP contribution is -2.51. The minimum atomic E-state index is -0.553. The minimum absolute atomic E-state index is 0.357. The van der Waals surface area contributed by atoms with Crippen LogP contribution < -0.4 is 16.2 Å². The number of ether oxygens (including phenoxy) is 1. The molecule has 1 saturated heterocycles. The fourth-order valence-electron chi connectivity index (χ4n) is 4.46. The van der Waals surface area contributed by atoms with Crippen LogP contribution in [0.2, 0.25) is 0 Å². The Morgan fingerprint density at radius 2 is 1.89 bits per heavy atom. The topological polar surface area (TPSA) is 77.4 Å². The average Bonchev–Trinajstić information content (AvgIpc) is 2.75. The Labute approximate surface area is 169 Å². The van der Waals surface area contributed by atoms with Crippen molar-refractivity contribution in [3.63, 3.8) is 0 Å². The molecule has 5 nitrogen and oxygen atoms in total. The molecule has 0 aliphatic carbocycles. The minimum Gasteiger partial charge on any atom is -0.494 e. The number of rotatable bonds is 8. The average molecular weight is 383 g/mol. The van der Waals surface area contributed by atoms with Gasteiger partial charge in [-0.2, -0.15) is 0 Å². The van der Waals surface area contributed by atoms with E-state index < -0.39 is 5.54 Å². The molecule has 0 saturated carbocycles. The van der Waals surface area contributed by atoms with Gasteiger partial charge in [-0.1, -0.05) is 18.2 Å². The predicted molar refractivity (Wildman–Crippen MR) is 114 cm³/mol. The first-order valence-electron chi connectivity index (χ1n) is 10.5. The molecule has 2 aromatic rings. The number of nitrogens with zero attached hydrogens (tertiary/aromatic N) is 2. The van der Waals surface area contributed by atoms with Crippen LogP contribution in [0.25, 0.3) is 0 Å². The Balaban J connectivity index is 1.86. The largest absolute Gasteiger partial charge is 0.494 e. The quantitative estimate of drug-likeness (QED) is 0.733. The Bertz CT molecular complexity index is 713. The van der Waals surface area contributed by atoms with Crippen molar-refractivity contribution < 1.29 is 4.74 Å². The van der Waals surface area contributed by atoms with Gasteiger partial charge in [-0.05, 0) is 88.0 Å². The zero-order chi connectivity index (χ0) is 20.0. The normalized spacial score (nSPS) is 19.1. The van der Waals surface area contributed by atoms with Gasteiger partial charge in [-0.25, -0.2) is 0 Å². The summed E-state index contributed by atoms with van der Waals surface area (Å²) in [4.78, 5) is 6.90. The summed E-state index contributed by atoms with van der Waals surface area (Å²) in [6.45, 7) is 7.79. The number of hydrogen-bond acceptors (Lipinski definition) is 5. The van der Waals surface area contributed by atoms with Gasteiger partial charge in [-0.3, -0.25) is 4.98 Å². The van der Waals surface area contributed by atoms with Gasteiger partial charge in [0.05, 0.1) is 12.1 Å². The first-order chi connectivity index (χ1) is 13.6. The van der Waals surface area contributed by atoms with E-state index in [0.717, 1.165) is 55.8 Å². The molecule has 1 unspecified atom stereocenters. The zero-order valence-electron chi connectivity index (χ0n) is 17.2. The molecule has 0 radical (unpaired) electrons. The van der Waals surface area contributed by atoms with Crippen molar-refractivity contribution in [1.29, 1.82) is 0 Å². The van der Waals surface area contributed by atoms with E-state index in [9.17, 15) is 0 Å². The SMILES string of the molecule is CCOc1ccc(C(N)(c2cccnc2)C2CCN([C@H](C)CCN)CC2)cc1. The third-order valence-electron chi connectivity index (χ3n) is 6.16. The maximum Gasteiger partial charge on any atom is 0.119 e. The summed E-state index contributed by atoms with van der Waals surface area (Å²) in [5.74, 6) is 1.24. The Morgan fingerprint density at radius 1 is 1.18 bits per heavy atom. The van der Waals surface area contributed by atoms with E-state index in [1.165, 1.54) is 0 Å². The van der Waals surface area contributed by atoms with Crippen LogP contribution in [0, 0.1) is 5.92 Å². The smallest absolute Gasteiger partial charge is 0.119 e. The van der Waals surface area contributed by atoms with Crippen LogP contribution in [0.3, 0.4) is 0 Å². The summed E-state index contributed by atoms with van der Waals surface area (Å²) < 4.78 is 5.62. The Hall–Kier alpha value is -1.95. The van der Waals surface area contributed by atoms with Gasteiger partial charge < -0.3 is 21.1 Å². The van der Waals surface area contributed by atoms with Gasteiger partial charge in [-0.15, -0.1) is 0 Å². The first kappa shape index (κ1) is 20.8. The molecule has 1 aromatic heterocycles. The molecular weight excluding hydrogens is 348 g/mol. The summed E-state index contributed by atoms with van der Waals surface area (Å²) in [6.07, 6.45) is 6.89. The third kappa shape index (κ3) is 4.37. The summed E-state index contributed by atoms with van der Waals surface area (Å²) in [5, 5.41) is 0. The van der Waals surface area contributed by atoms with Gasteiger partial charge >= 0.3 is 0 Å². The molecule has 0 amide bonds. The molecule has 28 heavy (non-hydrogen) atoms. The van der Waals surface area contributed by atoms with E-state index in [-0.39, 0.29) is 0 Å². The van der Waals surface area contributed by atoms with Gasteiger partial charge in [0.15, 0.2) is 0 Å². The Kier molecular flexibility index (Phi) is 7.05. The molecule has 0 bridgehead atoms. The second kappa shape index (κ2) is 9.50. The summed E-state index contributed by atoms with van der Waals surface area (Å²) in [6, 6.07) is 12.9. The highest BCUT2D eigenvalue weighted by molar-refractivity contribution is 5.40. The molecule has 2 heterocycles. The van der Waals surface area contributed by atoms with Gasteiger partial charge in [0.1, 0.15) is 5.75 Å². The molecule has 1 fully saturated rings. The molecule has 5 heteroatoms. The number of hydrogen-bond donors (Lipinski definition) is 2. The number of nitrogens with two attached hydrogens (primary N) is 2. The Morgan fingerprint density at radius 3 is 2.46 bits per heavy atom. The second-order valence-electron chi connectivity index (χ2n) is 7.80. The highest BCUT2D eigenvalue weighted by Gasteiger charge is 2.40. The fourth-order valence-corrected chi connectivity index (χ4v) is 4.46. The van der Waals surface area contributed by atoms with Crippen LogP contribution in [-0.2, 0) is 5.54 Å². The summed E-state index contributed by atoms with van der Waals surface area (Å²) in [5.41, 5.74) is 14.6. The molecule has 1 aliphatic rings. The van der Waals surface area contributed by atoms with Crippen molar-refractivity contribution in [3.05, 3.63) is 59.9 Å². The van der Waals surface area contributed by atoms with Crippen molar-refractivity contribution >= 4 is 0 Å². The van der Waals surface area contributed by atoms with Crippen LogP contribution in [0.4, 0.5) is 0 Å². The molecule has 152 valence electrons. The van der Waals surface area contributed by atoms with E-state index in [4.69, 9.17) is 16.2 Å². The zero-order valence-corrected chi connectivity index (χ0v) is 17.2. The van der Waals surface area contributed by atoms with E-state index >= 15 is 0 Å². The number of benzene rings is 1. The summed E-state index contributed by atoms with van der Waals surface area (Å²) >= 11 is 0. The lowest BCUT2D eigenvalue weighted by molar-refractivity contribution is 0.109. The van der Waals surface area contributed by atoms with E-state index in [0.29, 0.717) is 18.6 Å². The number of pyridine rings is 1. The van der Waals surface area contributed by atoms with Gasteiger partial charge in [0, 0.05) is 18.4 Å². The highest BCUT2D eigenvalue weighted by atomic mass is 16.5. The van der Waals surface area contributed by atoms with Gasteiger partial charge in [0.2, 0.25) is 0 Å². The number of piperidine rings is 1. The van der Waals surface area contributed by atoms with Crippen LogP contribution in [0.1, 0.15) is 44.2 Å². The van der Waals surface area contributed by atoms with Gasteiger partial charge in [0.25, 0.3) is 0 Å². The fraction of sp³-hybridized carbons (Fsp3) is 0.522. The lowest BCUT2D eigenvalue weighted by atomic mass is 9.70. The third-order valence-corrected chi connectivity index (χ3v) is 6.16. The number of likely N-dealkylation sites (tertiary alicyclic amines) is 1. The van der Waals surface area contributed by atoms with Crippen LogP contribution in [-0.4, -0.2) is 42.2 Å². The molecule has 4 N–H and O–H groups in total. The maximum atomic E-state index is 7.20. The first-order valence-corrected chi connectivity index (χ1v) is 10.5. The molecule has 1 aliphatic heterocycles. The van der Waals surface area contributed by atoms with Crippen molar-refractivity contribution in [2.24, 2.45) is 17.4 Å². The van der Waals surface area contributed by atoms with E-state index in [1.54, 1.807) is 6.20 Å². The standard InChI is InChI=1S/C23H34N4O/c1-3-28-22-8-6-19(7-9-22)23(25,21-5-4-14-26-17-21)20-11-15-27(16-12-20)18(2)10-13-24/h4-9,14,17-18,20H,3,10-13,15-16,24-25H2,1-2H3/t18-,23?/m1/s1. The molecule has 0 spiro atoms. The van der Waals surface area contributed by atoms with E-state index in [2.05, 4.69) is 35.0 Å². The molecular formula is C23H34N4O. The number of aromatic nitrogens is 1.